The Morgan fingerprint density at radius 2 is 1.76 bits per heavy atom. The minimum atomic E-state index is -0.162. The summed E-state index contributed by atoms with van der Waals surface area (Å²) in [5.41, 5.74) is 5.07. The molecular formula is C24H26N2O3. The maximum Gasteiger partial charge on any atom is 0.255 e. The number of fused-ring (bicyclic) bond motifs is 1. The van der Waals surface area contributed by atoms with Gasteiger partial charge in [0.15, 0.2) is 0 Å². The average molecular weight is 390 g/mol. The molecule has 1 aliphatic heterocycles. The molecule has 150 valence electrons. The molecule has 1 aliphatic rings. The molecule has 29 heavy (non-hydrogen) atoms. The number of likely N-dealkylation sites (tertiary alicyclic amines) is 1. The molecule has 2 heterocycles. The van der Waals surface area contributed by atoms with Crippen LogP contribution in [0.2, 0.25) is 0 Å². The Hall–Kier alpha value is -3.08. The Bertz CT molecular complexity index is 1060. The molecule has 0 spiro atoms. The van der Waals surface area contributed by atoms with Crippen LogP contribution in [-0.2, 0) is 11.2 Å². The highest BCUT2D eigenvalue weighted by atomic mass is 16.3. The van der Waals surface area contributed by atoms with Crippen LogP contribution in [0.4, 0.5) is 5.69 Å². The molecule has 1 fully saturated rings. The molecular weight excluding hydrogens is 364 g/mol. The number of hydrogen-bond donors (Lipinski definition) is 1. The molecule has 0 aliphatic carbocycles. The number of carbonyl (C=O) groups is 2. The molecule has 3 aromatic rings. The van der Waals surface area contributed by atoms with E-state index in [4.69, 9.17) is 4.42 Å². The number of hydrogen-bond acceptors (Lipinski definition) is 3. The van der Waals surface area contributed by atoms with Crippen molar-refractivity contribution in [1.82, 2.24) is 4.90 Å². The van der Waals surface area contributed by atoms with E-state index in [1.165, 1.54) is 6.42 Å². The van der Waals surface area contributed by atoms with E-state index in [0.717, 1.165) is 53.6 Å². The summed E-state index contributed by atoms with van der Waals surface area (Å²) in [5, 5.41) is 3.89. The summed E-state index contributed by atoms with van der Waals surface area (Å²) in [7, 11) is 0. The van der Waals surface area contributed by atoms with Crippen LogP contribution in [-0.4, -0.2) is 29.8 Å². The summed E-state index contributed by atoms with van der Waals surface area (Å²) in [6.45, 7) is 5.65. The number of amides is 2. The second-order valence-electron chi connectivity index (χ2n) is 7.82. The highest BCUT2D eigenvalue weighted by Crippen LogP contribution is 2.26. The summed E-state index contributed by atoms with van der Waals surface area (Å²) < 4.78 is 5.64. The summed E-state index contributed by atoms with van der Waals surface area (Å²) >= 11 is 0. The number of aryl methyl sites for hydroxylation is 2. The highest BCUT2D eigenvalue weighted by molar-refractivity contribution is 6.04. The van der Waals surface area contributed by atoms with Gasteiger partial charge in [-0.3, -0.25) is 9.59 Å². The molecule has 1 aromatic heterocycles. The lowest BCUT2D eigenvalue weighted by Gasteiger charge is -2.27. The van der Waals surface area contributed by atoms with Crippen molar-refractivity contribution in [1.29, 1.82) is 0 Å². The zero-order valence-electron chi connectivity index (χ0n) is 17.0. The Morgan fingerprint density at radius 3 is 2.55 bits per heavy atom. The molecule has 1 saturated heterocycles. The molecule has 0 unspecified atom stereocenters. The van der Waals surface area contributed by atoms with Crippen molar-refractivity contribution in [2.45, 2.75) is 39.5 Å². The van der Waals surface area contributed by atoms with E-state index in [2.05, 4.69) is 11.4 Å². The first-order valence-corrected chi connectivity index (χ1v) is 10.2. The first-order chi connectivity index (χ1) is 14.0. The minimum absolute atomic E-state index is 0.0135. The molecule has 4 rings (SSSR count). The molecule has 5 heteroatoms. The van der Waals surface area contributed by atoms with Crippen LogP contribution in [0, 0.1) is 13.8 Å². The van der Waals surface area contributed by atoms with Crippen LogP contribution in [0.1, 0.15) is 46.3 Å². The standard InChI is InChI=1S/C24H26N2O3/c1-16-12-20-18(15-29-22(20)13-17(16)2)14-23(27)25-21-9-5-4-8-19(21)24(28)26-10-6-3-7-11-26/h4-5,8-9,12-13,15H,3,6-7,10-11,14H2,1-2H3,(H,25,27). The number of carbonyl (C=O) groups excluding carboxylic acids is 2. The van der Waals surface area contributed by atoms with Crippen LogP contribution >= 0.6 is 0 Å². The summed E-state index contributed by atoms with van der Waals surface area (Å²) in [4.78, 5) is 27.5. The van der Waals surface area contributed by atoms with Gasteiger partial charge < -0.3 is 14.6 Å². The first kappa shape index (κ1) is 19.2. The number of rotatable bonds is 4. The Morgan fingerprint density at radius 1 is 1.03 bits per heavy atom. The maximum absolute atomic E-state index is 12.9. The van der Waals surface area contributed by atoms with Crippen molar-refractivity contribution in [3.63, 3.8) is 0 Å². The monoisotopic (exact) mass is 390 g/mol. The van der Waals surface area contributed by atoms with Crippen molar-refractivity contribution in [3.8, 4) is 0 Å². The number of anilines is 1. The number of para-hydroxylation sites is 1. The second-order valence-corrected chi connectivity index (χ2v) is 7.82. The number of nitrogens with zero attached hydrogens (tertiary/aromatic N) is 1. The van der Waals surface area contributed by atoms with Crippen molar-refractivity contribution in [2.24, 2.45) is 0 Å². The molecule has 0 saturated carbocycles. The lowest BCUT2D eigenvalue weighted by atomic mass is 10.0. The normalized spacial score (nSPS) is 14.2. The third-order valence-electron chi connectivity index (χ3n) is 5.70. The van der Waals surface area contributed by atoms with Crippen LogP contribution in [0.25, 0.3) is 11.0 Å². The van der Waals surface area contributed by atoms with Gasteiger partial charge in [0, 0.05) is 24.0 Å². The number of furan rings is 1. The summed E-state index contributed by atoms with van der Waals surface area (Å²) in [6, 6.07) is 11.3. The van der Waals surface area contributed by atoms with Gasteiger partial charge in [0.25, 0.3) is 5.91 Å². The van der Waals surface area contributed by atoms with Gasteiger partial charge in [-0.25, -0.2) is 0 Å². The summed E-state index contributed by atoms with van der Waals surface area (Å²) in [5.74, 6) is -0.176. The predicted molar refractivity (Wildman–Crippen MR) is 114 cm³/mol. The molecule has 2 amide bonds. The van der Waals surface area contributed by atoms with Crippen LogP contribution in [0.5, 0.6) is 0 Å². The van der Waals surface area contributed by atoms with Gasteiger partial charge in [-0.05, 0) is 68.5 Å². The van der Waals surface area contributed by atoms with Crippen molar-refractivity contribution in [3.05, 3.63) is 64.9 Å². The van der Waals surface area contributed by atoms with Gasteiger partial charge in [-0.2, -0.15) is 0 Å². The summed E-state index contributed by atoms with van der Waals surface area (Å²) in [6.07, 6.45) is 5.08. The van der Waals surface area contributed by atoms with Gasteiger partial charge in [-0.1, -0.05) is 12.1 Å². The SMILES string of the molecule is Cc1cc2occ(CC(=O)Nc3ccccc3C(=O)N3CCCCC3)c2cc1C. The Balaban J connectivity index is 1.52. The molecule has 0 radical (unpaired) electrons. The third kappa shape index (κ3) is 4.04. The number of nitrogens with one attached hydrogen (secondary N) is 1. The molecule has 5 nitrogen and oxygen atoms in total. The van der Waals surface area contributed by atoms with Gasteiger partial charge in [0.05, 0.1) is 23.9 Å². The number of benzene rings is 2. The van der Waals surface area contributed by atoms with E-state index in [0.29, 0.717) is 11.3 Å². The fraction of sp³-hybridized carbons (Fsp3) is 0.333. The van der Waals surface area contributed by atoms with Gasteiger partial charge in [0.2, 0.25) is 5.91 Å². The first-order valence-electron chi connectivity index (χ1n) is 10.2. The Kier molecular flexibility index (Phi) is 5.38. The highest BCUT2D eigenvalue weighted by Gasteiger charge is 2.21. The number of piperidine rings is 1. The zero-order chi connectivity index (χ0) is 20.4. The van der Waals surface area contributed by atoms with E-state index in [1.54, 1.807) is 18.4 Å². The third-order valence-corrected chi connectivity index (χ3v) is 5.70. The van der Waals surface area contributed by atoms with Crippen LogP contribution < -0.4 is 5.32 Å². The van der Waals surface area contributed by atoms with Crippen molar-refractivity contribution < 1.29 is 14.0 Å². The largest absolute Gasteiger partial charge is 0.464 e. The van der Waals surface area contributed by atoms with Gasteiger partial charge in [-0.15, -0.1) is 0 Å². The molecule has 0 bridgehead atoms. The Labute approximate surface area is 170 Å². The topological polar surface area (TPSA) is 62.6 Å². The van der Waals surface area contributed by atoms with Gasteiger partial charge in [0.1, 0.15) is 5.58 Å². The van der Waals surface area contributed by atoms with Crippen LogP contribution in [0.3, 0.4) is 0 Å². The van der Waals surface area contributed by atoms with E-state index >= 15 is 0 Å². The van der Waals surface area contributed by atoms with E-state index in [1.807, 2.05) is 36.9 Å². The zero-order valence-corrected chi connectivity index (χ0v) is 17.0. The van der Waals surface area contributed by atoms with Crippen LogP contribution in [0.15, 0.2) is 47.1 Å². The van der Waals surface area contributed by atoms with E-state index in [9.17, 15) is 9.59 Å². The van der Waals surface area contributed by atoms with E-state index < -0.39 is 0 Å². The van der Waals surface area contributed by atoms with Gasteiger partial charge >= 0.3 is 0 Å². The molecule has 1 N–H and O–H groups in total. The predicted octanol–water partition coefficient (Wildman–Crippen LogP) is 4.86. The minimum Gasteiger partial charge on any atom is -0.464 e. The lowest BCUT2D eigenvalue weighted by molar-refractivity contribution is -0.115. The quantitative estimate of drug-likeness (QED) is 0.692. The lowest BCUT2D eigenvalue weighted by Crippen LogP contribution is -2.36. The fourth-order valence-corrected chi connectivity index (χ4v) is 3.89. The molecule has 2 aromatic carbocycles. The van der Waals surface area contributed by atoms with Crippen molar-refractivity contribution >= 4 is 28.5 Å². The maximum atomic E-state index is 12.9. The van der Waals surface area contributed by atoms with Crippen molar-refractivity contribution in [2.75, 3.05) is 18.4 Å². The second kappa shape index (κ2) is 8.11. The van der Waals surface area contributed by atoms with E-state index in [-0.39, 0.29) is 18.2 Å². The fourth-order valence-electron chi connectivity index (χ4n) is 3.89. The molecule has 0 atom stereocenters. The smallest absolute Gasteiger partial charge is 0.255 e. The average Bonchev–Trinajstić information content (AvgIpc) is 3.10.